The first-order chi connectivity index (χ1) is 4.16. The number of carbonyl (C=O) groups excluding carboxylic acids is 2. The SMILES string of the molecule is C=CCC(=O)OC(C)=O. The molecule has 9 heavy (non-hydrogen) atoms. The number of esters is 2. The van der Waals surface area contributed by atoms with Gasteiger partial charge in [-0.25, -0.2) is 0 Å². The molecule has 0 saturated heterocycles. The molecule has 0 amide bonds. The van der Waals surface area contributed by atoms with E-state index in [1.54, 1.807) is 0 Å². The normalized spacial score (nSPS) is 8.11. The molecule has 0 aliphatic carbocycles. The standard InChI is InChI=1S/C6H8O3/c1-3-4-6(8)9-5(2)7/h3H,1,4H2,2H3. The molecule has 0 heterocycles. The fraction of sp³-hybridized carbons (Fsp3) is 0.333. The third kappa shape index (κ3) is 4.74. The Hall–Kier alpha value is -1.12. The number of hydrogen-bond acceptors (Lipinski definition) is 3. The molecule has 0 unspecified atom stereocenters. The Morgan fingerprint density at radius 2 is 2.22 bits per heavy atom. The first kappa shape index (κ1) is 7.88. The fourth-order valence-electron chi connectivity index (χ4n) is 0.320. The number of rotatable bonds is 2. The van der Waals surface area contributed by atoms with Crippen LogP contribution in [0.4, 0.5) is 0 Å². The van der Waals surface area contributed by atoms with E-state index >= 15 is 0 Å². The van der Waals surface area contributed by atoms with Crippen molar-refractivity contribution in [2.24, 2.45) is 0 Å². The van der Waals surface area contributed by atoms with Gasteiger partial charge in [-0.3, -0.25) is 9.59 Å². The highest BCUT2D eigenvalue weighted by Crippen LogP contribution is 1.86. The zero-order valence-corrected chi connectivity index (χ0v) is 5.22. The smallest absolute Gasteiger partial charge is 0.317 e. The summed E-state index contributed by atoms with van der Waals surface area (Å²) in [6.07, 6.45) is 1.46. The van der Waals surface area contributed by atoms with Crippen LogP contribution < -0.4 is 0 Å². The van der Waals surface area contributed by atoms with Crippen LogP contribution in [0, 0.1) is 0 Å². The largest absolute Gasteiger partial charge is 0.393 e. The second-order valence-electron chi connectivity index (χ2n) is 1.46. The van der Waals surface area contributed by atoms with Crippen LogP contribution in [0.5, 0.6) is 0 Å². The van der Waals surface area contributed by atoms with E-state index in [1.807, 2.05) is 0 Å². The maximum absolute atomic E-state index is 10.3. The van der Waals surface area contributed by atoms with Crippen LogP contribution in [0.2, 0.25) is 0 Å². The van der Waals surface area contributed by atoms with Gasteiger partial charge in [0.25, 0.3) is 0 Å². The molecule has 0 fully saturated rings. The first-order valence-electron chi connectivity index (χ1n) is 2.49. The van der Waals surface area contributed by atoms with E-state index in [4.69, 9.17) is 0 Å². The molecule has 0 N–H and O–H groups in total. The molecule has 0 spiro atoms. The van der Waals surface area contributed by atoms with Gasteiger partial charge in [0.2, 0.25) is 0 Å². The van der Waals surface area contributed by atoms with Gasteiger partial charge in [-0.05, 0) is 0 Å². The molecular weight excluding hydrogens is 120 g/mol. The Morgan fingerprint density at radius 3 is 2.56 bits per heavy atom. The predicted octanol–water partition coefficient (Wildman–Crippen LogP) is 0.652. The highest BCUT2D eigenvalue weighted by Gasteiger charge is 2.00. The Balaban J connectivity index is 3.50. The Kier molecular flexibility index (Phi) is 3.35. The Morgan fingerprint density at radius 1 is 1.67 bits per heavy atom. The highest BCUT2D eigenvalue weighted by molar-refractivity contribution is 5.84. The molecule has 0 bridgehead atoms. The summed E-state index contributed by atoms with van der Waals surface area (Å²) in [4.78, 5) is 20.4. The van der Waals surface area contributed by atoms with Gasteiger partial charge in [0.15, 0.2) is 0 Å². The van der Waals surface area contributed by atoms with Crippen LogP contribution in [0.15, 0.2) is 12.7 Å². The Labute approximate surface area is 53.3 Å². The third-order valence-electron chi connectivity index (χ3n) is 0.569. The molecule has 50 valence electrons. The molecular formula is C6H8O3. The lowest BCUT2D eigenvalue weighted by Crippen LogP contribution is -2.06. The maximum atomic E-state index is 10.3. The van der Waals surface area contributed by atoms with Crippen LogP contribution in [-0.2, 0) is 14.3 Å². The zero-order chi connectivity index (χ0) is 7.28. The summed E-state index contributed by atoms with van der Waals surface area (Å²) in [6, 6.07) is 0. The summed E-state index contributed by atoms with van der Waals surface area (Å²) in [7, 11) is 0. The van der Waals surface area contributed by atoms with E-state index < -0.39 is 11.9 Å². The molecule has 0 atom stereocenters. The van der Waals surface area contributed by atoms with E-state index in [9.17, 15) is 9.59 Å². The van der Waals surface area contributed by atoms with E-state index in [0.29, 0.717) is 0 Å². The van der Waals surface area contributed by atoms with Crippen molar-refractivity contribution in [1.82, 2.24) is 0 Å². The minimum absolute atomic E-state index is 0.0829. The van der Waals surface area contributed by atoms with E-state index in [1.165, 1.54) is 13.0 Å². The molecule has 0 radical (unpaired) electrons. The molecule has 0 aliphatic rings. The second-order valence-corrected chi connectivity index (χ2v) is 1.46. The summed E-state index contributed by atoms with van der Waals surface area (Å²) < 4.78 is 4.14. The lowest BCUT2D eigenvalue weighted by atomic mass is 10.4. The quantitative estimate of drug-likeness (QED) is 0.311. The van der Waals surface area contributed by atoms with Crippen molar-refractivity contribution >= 4 is 11.9 Å². The van der Waals surface area contributed by atoms with Gasteiger partial charge in [0.1, 0.15) is 0 Å². The predicted molar refractivity (Wildman–Crippen MR) is 31.6 cm³/mol. The van der Waals surface area contributed by atoms with Crippen molar-refractivity contribution in [3.05, 3.63) is 12.7 Å². The van der Waals surface area contributed by atoms with Gasteiger partial charge in [-0.1, -0.05) is 6.08 Å². The molecule has 3 nitrogen and oxygen atoms in total. The zero-order valence-electron chi connectivity index (χ0n) is 5.22. The molecule has 0 rings (SSSR count). The Bertz CT molecular complexity index is 137. The van der Waals surface area contributed by atoms with Crippen LogP contribution in [0.25, 0.3) is 0 Å². The molecule has 0 aromatic rings. The van der Waals surface area contributed by atoms with E-state index in [0.717, 1.165) is 0 Å². The van der Waals surface area contributed by atoms with Gasteiger partial charge in [0.05, 0.1) is 6.42 Å². The minimum atomic E-state index is -0.582. The van der Waals surface area contributed by atoms with Gasteiger partial charge < -0.3 is 4.74 Å². The first-order valence-corrected chi connectivity index (χ1v) is 2.49. The number of hydrogen-bond donors (Lipinski definition) is 0. The topological polar surface area (TPSA) is 43.4 Å². The molecule has 0 aliphatic heterocycles. The van der Waals surface area contributed by atoms with Crippen molar-refractivity contribution < 1.29 is 14.3 Å². The van der Waals surface area contributed by atoms with Crippen LogP contribution in [-0.4, -0.2) is 11.9 Å². The fourth-order valence-corrected chi connectivity index (χ4v) is 0.320. The second kappa shape index (κ2) is 3.83. The van der Waals surface area contributed by atoms with Gasteiger partial charge in [-0.2, -0.15) is 0 Å². The average Bonchev–Trinajstić information content (AvgIpc) is 1.63. The van der Waals surface area contributed by atoms with Gasteiger partial charge >= 0.3 is 11.9 Å². The van der Waals surface area contributed by atoms with Crippen molar-refractivity contribution in [2.45, 2.75) is 13.3 Å². The van der Waals surface area contributed by atoms with Crippen LogP contribution in [0.1, 0.15) is 13.3 Å². The number of carbonyl (C=O) groups is 2. The van der Waals surface area contributed by atoms with E-state index in [-0.39, 0.29) is 6.42 Å². The molecule has 0 aromatic heterocycles. The van der Waals surface area contributed by atoms with Crippen molar-refractivity contribution in [3.63, 3.8) is 0 Å². The summed E-state index contributed by atoms with van der Waals surface area (Å²) in [6.45, 7) is 4.48. The summed E-state index contributed by atoms with van der Waals surface area (Å²) in [5.41, 5.74) is 0. The van der Waals surface area contributed by atoms with Crippen molar-refractivity contribution in [3.8, 4) is 0 Å². The molecule has 0 aromatic carbocycles. The number of ether oxygens (including phenoxy) is 1. The highest BCUT2D eigenvalue weighted by atomic mass is 16.6. The van der Waals surface area contributed by atoms with Crippen molar-refractivity contribution in [1.29, 1.82) is 0 Å². The van der Waals surface area contributed by atoms with Crippen molar-refractivity contribution in [2.75, 3.05) is 0 Å². The molecule has 0 saturated carbocycles. The summed E-state index contributed by atoms with van der Waals surface area (Å²) in [5.74, 6) is -1.14. The average molecular weight is 128 g/mol. The minimum Gasteiger partial charge on any atom is -0.393 e. The maximum Gasteiger partial charge on any atom is 0.317 e. The van der Waals surface area contributed by atoms with Crippen LogP contribution in [0.3, 0.4) is 0 Å². The lowest BCUT2D eigenvalue weighted by Gasteiger charge is -1.92. The summed E-state index contributed by atoms with van der Waals surface area (Å²) >= 11 is 0. The summed E-state index contributed by atoms with van der Waals surface area (Å²) in [5, 5.41) is 0. The molecule has 3 heteroatoms. The van der Waals surface area contributed by atoms with Gasteiger partial charge in [0, 0.05) is 6.92 Å². The van der Waals surface area contributed by atoms with Gasteiger partial charge in [-0.15, -0.1) is 6.58 Å². The monoisotopic (exact) mass is 128 g/mol. The third-order valence-corrected chi connectivity index (χ3v) is 0.569. The lowest BCUT2D eigenvalue weighted by molar-refractivity contribution is -0.157. The van der Waals surface area contributed by atoms with E-state index in [2.05, 4.69) is 11.3 Å². The van der Waals surface area contributed by atoms with Crippen LogP contribution >= 0.6 is 0 Å².